The molecule has 0 unspecified atom stereocenters. The molecule has 18 heavy (non-hydrogen) atoms. The Morgan fingerprint density at radius 1 is 1.17 bits per heavy atom. The van der Waals surface area contributed by atoms with Crippen molar-refractivity contribution in [3.05, 3.63) is 23.8 Å². The van der Waals surface area contributed by atoms with E-state index in [1.54, 1.807) is 26.4 Å². The summed E-state index contributed by atoms with van der Waals surface area (Å²) in [6.07, 6.45) is 0. The fourth-order valence-electron chi connectivity index (χ4n) is 1.99. The van der Waals surface area contributed by atoms with Gasteiger partial charge in [-0.2, -0.15) is 11.8 Å². The molecule has 0 saturated carbocycles. The van der Waals surface area contributed by atoms with Gasteiger partial charge < -0.3 is 14.4 Å². The minimum Gasteiger partial charge on any atom is -0.496 e. The van der Waals surface area contributed by atoms with Crippen LogP contribution in [0.25, 0.3) is 0 Å². The van der Waals surface area contributed by atoms with E-state index in [-0.39, 0.29) is 5.91 Å². The second-order valence-electron chi connectivity index (χ2n) is 3.94. The Morgan fingerprint density at radius 2 is 1.72 bits per heavy atom. The zero-order valence-corrected chi connectivity index (χ0v) is 11.5. The molecule has 1 aliphatic heterocycles. The van der Waals surface area contributed by atoms with E-state index in [0.717, 1.165) is 24.6 Å². The molecule has 1 fully saturated rings. The van der Waals surface area contributed by atoms with E-state index in [1.165, 1.54) is 0 Å². The molecular weight excluding hydrogens is 250 g/mol. The summed E-state index contributed by atoms with van der Waals surface area (Å²) in [5.74, 6) is 3.10. The minimum atomic E-state index is -0.00963. The van der Waals surface area contributed by atoms with Gasteiger partial charge in [-0.3, -0.25) is 4.79 Å². The van der Waals surface area contributed by atoms with Crippen molar-refractivity contribution < 1.29 is 14.3 Å². The Bertz CT molecular complexity index is 408. The smallest absolute Gasteiger partial charge is 0.261 e. The highest BCUT2D eigenvalue weighted by Gasteiger charge is 2.24. The van der Waals surface area contributed by atoms with E-state index in [4.69, 9.17) is 9.47 Å². The maximum absolute atomic E-state index is 12.5. The van der Waals surface area contributed by atoms with Crippen molar-refractivity contribution >= 4 is 17.7 Å². The molecule has 98 valence electrons. The van der Waals surface area contributed by atoms with E-state index in [2.05, 4.69) is 0 Å². The quantitative estimate of drug-likeness (QED) is 0.838. The van der Waals surface area contributed by atoms with E-state index in [9.17, 15) is 4.79 Å². The molecule has 1 heterocycles. The standard InChI is InChI=1S/C13H17NO3S/c1-16-10-4-3-5-11(17-2)12(10)13(15)14-6-8-18-9-7-14/h3-5H,6-9H2,1-2H3. The van der Waals surface area contributed by atoms with Gasteiger partial charge in [-0.05, 0) is 12.1 Å². The zero-order chi connectivity index (χ0) is 13.0. The van der Waals surface area contributed by atoms with Gasteiger partial charge in [0.15, 0.2) is 0 Å². The Kier molecular flexibility index (Phi) is 4.36. The van der Waals surface area contributed by atoms with Crippen LogP contribution < -0.4 is 9.47 Å². The summed E-state index contributed by atoms with van der Waals surface area (Å²) in [6, 6.07) is 5.39. The molecule has 0 atom stereocenters. The van der Waals surface area contributed by atoms with Crippen LogP contribution in [0.4, 0.5) is 0 Å². The number of ether oxygens (including phenoxy) is 2. The number of rotatable bonds is 3. The van der Waals surface area contributed by atoms with Gasteiger partial charge in [-0.1, -0.05) is 6.07 Å². The lowest BCUT2D eigenvalue weighted by atomic mass is 10.1. The largest absolute Gasteiger partial charge is 0.496 e. The van der Waals surface area contributed by atoms with Crippen molar-refractivity contribution in [1.82, 2.24) is 4.90 Å². The first-order chi connectivity index (χ1) is 8.77. The van der Waals surface area contributed by atoms with Crippen LogP contribution in [-0.4, -0.2) is 49.6 Å². The maximum atomic E-state index is 12.5. The lowest BCUT2D eigenvalue weighted by molar-refractivity contribution is 0.0765. The van der Waals surface area contributed by atoms with E-state index in [0.29, 0.717) is 17.1 Å². The molecular formula is C13H17NO3S. The first kappa shape index (κ1) is 13.1. The molecule has 0 N–H and O–H groups in total. The van der Waals surface area contributed by atoms with Crippen molar-refractivity contribution in [3.63, 3.8) is 0 Å². The van der Waals surface area contributed by atoms with Gasteiger partial charge in [0.25, 0.3) is 5.91 Å². The molecule has 0 bridgehead atoms. The lowest BCUT2D eigenvalue weighted by Crippen LogP contribution is -2.38. The zero-order valence-electron chi connectivity index (χ0n) is 10.6. The molecule has 1 amide bonds. The molecule has 0 aliphatic carbocycles. The molecule has 1 aromatic carbocycles. The molecule has 5 heteroatoms. The van der Waals surface area contributed by atoms with Crippen LogP contribution in [0.3, 0.4) is 0 Å². The predicted molar refractivity (Wildman–Crippen MR) is 72.8 cm³/mol. The Hall–Kier alpha value is -1.36. The van der Waals surface area contributed by atoms with Crippen LogP contribution in [0.5, 0.6) is 11.5 Å². The highest BCUT2D eigenvalue weighted by Crippen LogP contribution is 2.30. The highest BCUT2D eigenvalue weighted by atomic mass is 32.2. The topological polar surface area (TPSA) is 38.8 Å². The first-order valence-electron chi connectivity index (χ1n) is 5.86. The molecule has 1 saturated heterocycles. The predicted octanol–water partition coefficient (Wildman–Crippen LogP) is 1.89. The van der Waals surface area contributed by atoms with Crippen molar-refractivity contribution in [2.24, 2.45) is 0 Å². The summed E-state index contributed by atoms with van der Waals surface area (Å²) < 4.78 is 10.5. The fraction of sp³-hybridized carbons (Fsp3) is 0.462. The summed E-state index contributed by atoms with van der Waals surface area (Å²) in [6.45, 7) is 1.56. The van der Waals surface area contributed by atoms with Crippen LogP contribution in [-0.2, 0) is 0 Å². The monoisotopic (exact) mass is 267 g/mol. The Balaban J connectivity index is 2.32. The third kappa shape index (κ3) is 2.56. The second-order valence-corrected chi connectivity index (χ2v) is 5.17. The first-order valence-corrected chi connectivity index (χ1v) is 7.01. The third-order valence-electron chi connectivity index (χ3n) is 2.94. The van der Waals surface area contributed by atoms with Crippen LogP contribution in [0.2, 0.25) is 0 Å². The molecule has 0 radical (unpaired) electrons. The molecule has 0 aromatic heterocycles. The number of carbonyl (C=O) groups is 1. The van der Waals surface area contributed by atoms with Crippen molar-refractivity contribution in [2.45, 2.75) is 0 Å². The van der Waals surface area contributed by atoms with E-state index >= 15 is 0 Å². The second kappa shape index (κ2) is 6.00. The van der Waals surface area contributed by atoms with Gasteiger partial charge in [0.2, 0.25) is 0 Å². The highest BCUT2D eigenvalue weighted by molar-refractivity contribution is 7.99. The molecule has 0 spiro atoms. The average molecular weight is 267 g/mol. The van der Waals surface area contributed by atoms with Crippen LogP contribution in [0, 0.1) is 0 Å². The SMILES string of the molecule is COc1cccc(OC)c1C(=O)N1CCSCC1. The van der Waals surface area contributed by atoms with Gasteiger partial charge in [0.05, 0.1) is 14.2 Å². The number of benzene rings is 1. The third-order valence-corrected chi connectivity index (χ3v) is 3.88. The van der Waals surface area contributed by atoms with Gasteiger partial charge in [0, 0.05) is 24.6 Å². The van der Waals surface area contributed by atoms with Crippen molar-refractivity contribution in [2.75, 3.05) is 38.8 Å². The van der Waals surface area contributed by atoms with Crippen LogP contribution in [0.1, 0.15) is 10.4 Å². The van der Waals surface area contributed by atoms with Crippen molar-refractivity contribution in [3.8, 4) is 11.5 Å². The fourth-order valence-corrected chi connectivity index (χ4v) is 2.89. The number of amides is 1. The molecule has 1 aliphatic rings. The number of hydrogen-bond donors (Lipinski definition) is 0. The summed E-state index contributed by atoms with van der Waals surface area (Å²) >= 11 is 1.87. The van der Waals surface area contributed by atoms with Crippen LogP contribution >= 0.6 is 11.8 Å². The number of methoxy groups -OCH3 is 2. The van der Waals surface area contributed by atoms with E-state index < -0.39 is 0 Å². The summed E-state index contributed by atoms with van der Waals surface area (Å²) in [4.78, 5) is 14.4. The van der Waals surface area contributed by atoms with Gasteiger partial charge in [-0.25, -0.2) is 0 Å². The minimum absolute atomic E-state index is 0.00963. The lowest BCUT2D eigenvalue weighted by Gasteiger charge is -2.27. The number of thioether (sulfide) groups is 1. The van der Waals surface area contributed by atoms with Gasteiger partial charge in [-0.15, -0.1) is 0 Å². The summed E-state index contributed by atoms with van der Waals surface area (Å²) in [7, 11) is 3.13. The average Bonchev–Trinajstić information content (AvgIpc) is 2.46. The number of hydrogen-bond acceptors (Lipinski definition) is 4. The molecule has 2 rings (SSSR count). The van der Waals surface area contributed by atoms with Gasteiger partial charge in [0.1, 0.15) is 17.1 Å². The van der Waals surface area contributed by atoms with E-state index in [1.807, 2.05) is 22.7 Å². The number of carbonyl (C=O) groups excluding carboxylic acids is 1. The normalized spacial score (nSPS) is 15.3. The van der Waals surface area contributed by atoms with Crippen LogP contribution in [0.15, 0.2) is 18.2 Å². The summed E-state index contributed by atoms with van der Waals surface area (Å²) in [5, 5.41) is 0. The Labute approximate surface area is 111 Å². The Morgan fingerprint density at radius 3 is 2.22 bits per heavy atom. The van der Waals surface area contributed by atoms with Gasteiger partial charge >= 0.3 is 0 Å². The maximum Gasteiger partial charge on any atom is 0.261 e. The molecule has 1 aromatic rings. The molecule has 4 nitrogen and oxygen atoms in total. The summed E-state index contributed by atoms with van der Waals surface area (Å²) in [5.41, 5.74) is 0.523. The van der Waals surface area contributed by atoms with Crippen molar-refractivity contribution in [1.29, 1.82) is 0 Å². The number of nitrogens with zero attached hydrogens (tertiary/aromatic N) is 1.